The zero-order valence-electron chi connectivity index (χ0n) is 16.8. The fourth-order valence-electron chi connectivity index (χ4n) is 2.80. The maximum atomic E-state index is 12.2. The van der Waals surface area contributed by atoms with Crippen LogP contribution in [0.25, 0.3) is 0 Å². The van der Waals surface area contributed by atoms with E-state index in [1.165, 1.54) is 0 Å². The Balaban J connectivity index is 2.82. The summed E-state index contributed by atoms with van der Waals surface area (Å²) < 4.78 is 18.5. The SMILES string of the molecule is CCCC(CCOC(=O)c1ccccc1)(O[Si](C)(C)C)O[Si](C)(C)C. The summed E-state index contributed by atoms with van der Waals surface area (Å²) in [6, 6.07) is 9.07. The van der Waals surface area contributed by atoms with Crippen LogP contribution in [0.1, 0.15) is 36.5 Å². The van der Waals surface area contributed by atoms with Gasteiger partial charge >= 0.3 is 5.97 Å². The Hall–Kier alpha value is -0.956. The predicted molar refractivity (Wildman–Crippen MR) is 108 cm³/mol. The maximum Gasteiger partial charge on any atom is 0.338 e. The second kappa shape index (κ2) is 9.12. The van der Waals surface area contributed by atoms with E-state index >= 15 is 0 Å². The molecule has 0 saturated carbocycles. The van der Waals surface area contributed by atoms with Gasteiger partial charge in [0.15, 0.2) is 22.4 Å². The molecule has 0 saturated heterocycles. The van der Waals surface area contributed by atoms with Gasteiger partial charge in [-0.05, 0) is 57.8 Å². The Morgan fingerprint density at radius 3 is 1.88 bits per heavy atom. The molecule has 0 aliphatic carbocycles. The molecule has 0 bridgehead atoms. The quantitative estimate of drug-likeness (QED) is 0.307. The van der Waals surface area contributed by atoms with Crippen molar-refractivity contribution in [3.05, 3.63) is 35.9 Å². The molecule has 0 aliphatic heterocycles. The van der Waals surface area contributed by atoms with Gasteiger partial charge in [0.25, 0.3) is 0 Å². The third-order valence-corrected chi connectivity index (χ3v) is 5.31. The van der Waals surface area contributed by atoms with Gasteiger partial charge in [-0.2, -0.15) is 0 Å². The lowest BCUT2D eigenvalue weighted by molar-refractivity contribution is -0.145. The predicted octanol–water partition coefficient (Wildman–Crippen LogP) is 5.43. The van der Waals surface area contributed by atoms with E-state index < -0.39 is 22.4 Å². The number of hydrogen-bond acceptors (Lipinski definition) is 4. The summed E-state index contributed by atoms with van der Waals surface area (Å²) in [5.74, 6) is -0.951. The van der Waals surface area contributed by atoms with Crippen LogP contribution in [-0.4, -0.2) is 35.0 Å². The second-order valence-corrected chi connectivity index (χ2v) is 17.2. The minimum absolute atomic E-state index is 0.294. The third-order valence-electron chi connectivity index (χ3n) is 3.34. The van der Waals surface area contributed by atoms with Crippen LogP contribution in [0.15, 0.2) is 30.3 Å². The summed E-state index contributed by atoms with van der Waals surface area (Å²) >= 11 is 0. The molecule has 0 fully saturated rings. The van der Waals surface area contributed by atoms with Gasteiger partial charge in [-0.3, -0.25) is 0 Å². The van der Waals surface area contributed by atoms with Crippen molar-refractivity contribution in [2.75, 3.05) is 6.61 Å². The molecular weight excluding hydrogens is 348 g/mol. The van der Waals surface area contributed by atoms with Gasteiger partial charge < -0.3 is 13.6 Å². The number of carbonyl (C=O) groups excluding carboxylic acids is 1. The molecule has 0 N–H and O–H groups in total. The highest BCUT2D eigenvalue weighted by Gasteiger charge is 2.40. The van der Waals surface area contributed by atoms with Crippen LogP contribution in [0.4, 0.5) is 0 Å². The molecule has 0 aromatic heterocycles. The summed E-state index contributed by atoms with van der Waals surface area (Å²) in [5.41, 5.74) is 0.570. The van der Waals surface area contributed by atoms with E-state index in [9.17, 15) is 4.79 Å². The number of esters is 1. The Labute approximate surface area is 155 Å². The Morgan fingerprint density at radius 2 is 1.44 bits per heavy atom. The highest BCUT2D eigenvalue weighted by atomic mass is 28.4. The lowest BCUT2D eigenvalue weighted by Crippen LogP contribution is -2.51. The molecule has 4 nitrogen and oxygen atoms in total. The molecule has 1 aromatic carbocycles. The first kappa shape index (κ1) is 22.1. The lowest BCUT2D eigenvalue weighted by atomic mass is 10.1. The van der Waals surface area contributed by atoms with Crippen LogP contribution < -0.4 is 0 Å². The van der Waals surface area contributed by atoms with Crippen molar-refractivity contribution >= 4 is 22.6 Å². The van der Waals surface area contributed by atoms with E-state index in [0.29, 0.717) is 18.6 Å². The minimum atomic E-state index is -1.81. The summed E-state index contributed by atoms with van der Waals surface area (Å²) in [6.07, 6.45) is 2.33. The molecule has 0 radical (unpaired) electrons. The first-order chi connectivity index (χ1) is 11.5. The van der Waals surface area contributed by atoms with Crippen LogP contribution in [0, 0.1) is 0 Å². The highest BCUT2D eigenvalue weighted by Crippen LogP contribution is 2.32. The summed E-state index contributed by atoms with van der Waals surface area (Å²) in [7, 11) is -3.63. The first-order valence-electron chi connectivity index (χ1n) is 9.09. The average molecular weight is 383 g/mol. The molecule has 25 heavy (non-hydrogen) atoms. The van der Waals surface area contributed by atoms with Crippen LogP contribution in [0.2, 0.25) is 39.3 Å². The van der Waals surface area contributed by atoms with Crippen molar-refractivity contribution in [3.63, 3.8) is 0 Å². The molecule has 0 spiro atoms. The van der Waals surface area contributed by atoms with Crippen molar-refractivity contribution < 1.29 is 18.4 Å². The van der Waals surface area contributed by atoms with E-state index in [-0.39, 0.29) is 5.97 Å². The number of hydrogen-bond donors (Lipinski definition) is 0. The molecular formula is C19H34O4Si2. The monoisotopic (exact) mass is 382 g/mol. The highest BCUT2D eigenvalue weighted by molar-refractivity contribution is 6.71. The van der Waals surface area contributed by atoms with Gasteiger partial charge in [-0.25, -0.2) is 4.79 Å². The van der Waals surface area contributed by atoms with Gasteiger partial charge in [0, 0.05) is 6.42 Å². The number of benzene rings is 1. The van der Waals surface area contributed by atoms with Crippen molar-refractivity contribution in [1.29, 1.82) is 0 Å². The molecule has 6 heteroatoms. The third kappa shape index (κ3) is 8.80. The Kier molecular flexibility index (Phi) is 8.06. The van der Waals surface area contributed by atoms with Crippen LogP contribution in [-0.2, 0) is 13.6 Å². The van der Waals surface area contributed by atoms with Crippen molar-refractivity contribution in [1.82, 2.24) is 0 Å². The van der Waals surface area contributed by atoms with Gasteiger partial charge in [0.1, 0.15) is 0 Å². The fourth-order valence-corrected chi connectivity index (χ4v) is 5.61. The first-order valence-corrected chi connectivity index (χ1v) is 15.9. The second-order valence-electron chi connectivity index (χ2n) is 8.34. The molecule has 0 aliphatic rings. The van der Waals surface area contributed by atoms with Gasteiger partial charge in [-0.15, -0.1) is 0 Å². The van der Waals surface area contributed by atoms with Gasteiger partial charge in [-0.1, -0.05) is 31.5 Å². The zero-order valence-corrected chi connectivity index (χ0v) is 18.8. The molecule has 0 amide bonds. The van der Waals surface area contributed by atoms with Crippen molar-refractivity contribution in [2.24, 2.45) is 0 Å². The van der Waals surface area contributed by atoms with E-state index in [1.807, 2.05) is 18.2 Å². The van der Waals surface area contributed by atoms with Crippen LogP contribution in [0.5, 0.6) is 0 Å². The zero-order chi connectivity index (χ0) is 19.1. The largest absolute Gasteiger partial charge is 0.462 e. The van der Waals surface area contributed by atoms with E-state index in [2.05, 4.69) is 46.2 Å². The molecule has 142 valence electrons. The lowest BCUT2D eigenvalue weighted by Gasteiger charge is -2.43. The minimum Gasteiger partial charge on any atom is -0.462 e. The molecule has 1 rings (SSSR count). The smallest absolute Gasteiger partial charge is 0.338 e. The average Bonchev–Trinajstić information content (AvgIpc) is 2.44. The summed E-state index contributed by atoms with van der Waals surface area (Å²) in [5, 5.41) is 0. The Morgan fingerprint density at radius 1 is 0.920 bits per heavy atom. The van der Waals surface area contributed by atoms with E-state index in [1.54, 1.807) is 12.1 Å². The van der Waals surface area contributed by atoms with Gasteiger partial charge in [0.05, 0.1) is 12.2 Å². The Bertz CT molecular complexity index is 517. The molecule has 0 atom stereocenters. The molecule has 0 heterocycles. The fraction of sp³-hybridized carbons (Fsp3) is 0.632. The van der Waals surface area contributed by atoms with Crippen molar-refractivity contribution in [3.8, 4) is 0 Å². The van der Waals surface area contributed by atoms with E-state index in [0.717, 1.165) is 12.8 Å². The molecule has 0 unspecified atom stereocenters. The maximum absolute atomic E-state index is 12.2. The normalized spacial score (nSPS) is 12.9. The number of carbonyl (C=O) groups is 1. The molecule has 1 aromatic rings. The van der Waals surface area contributed by atoms with Crippen molar-refractivity contribution in [2.45, 2.75) is 71.3 Å². The number of rotatable bonds is 10. The summed E-state index contributed by atoms with van der Waals surface area (Å²) in [6.45, 7) is 15.4. The van der Waals surface area contributed by atoms with Crippen LogP contribution in [0.3, 0.4) is 0 Å². The van der Waals surface area contributed by atoms with Crippen LogP contribution >= 0.6 is 0 Å². The summed E-state index contributed by atoms with van der Waals surface area (Å²) in [4.78, 5) is 12.2. The number of ether oxygens (including phenoxy) is 1. The van der Waals surface area contributed by atoms with E-state index in [4.69, 9.17) is 13.6 Å². The standard InChI is InChI=1S/C19H34O4Si2/c1-8-14-19(22-24(2,3)4,23-25(5,6)7)15-16-21-18(20)17-12-10-9-11-13-17/h9-13H,8,14-16H2,1-7H3. The van der Waals surface area contributed by atoms with Gasteiger partial charge in [0.2, 0.25) is 0 Å². The topological polar surface area (TPSA) is 44.8 Å².